The number of nitrogens with two attached hydrogens (primary N) is 1. The van der Waals surface area contributed by atoms with E-state index in [4.69, 9.17) is 10.5 Å². The van der Waals surface area contributed by atoms with Gasteiger partial charge in [0.15, 0.2) is 0 Å². The highest BCUT2D eigenvalue weighted by Crippen LogP contribution is 2.19. The van der Waals surface area contributed by atoms with Crippen molar-refractivity contribution in [1.82, 2.24) is 10.2 Å². The third-order valence-electron chi connectivity index (χ3n) is 5.39. The Hall–Kier alpha value is -1.63. The summed E-state index contributed by atoms with van der Waals surface area (Å²) in [6.07, 6.45) is 0.803. The first-order valence-electron chi connectivity index (χ1n) is 10.1. The second kappa shape index (κ2) is 13.6. The lowest BCUT2D eigenvalue weighted by Crippen LogP contribution is -2.50. The Balaban J connectivity index is 0.00000225. The fraction of sp³-hybridized carbons (Fsp3) is 0.435. The number of halogens is 2. The van der Waals surface area contributed by atoms with Crippen LogP contribution in [0.1, 0.15) is 24.1 Å². The van der Waals surface area contributed by atoms with Gasteiger partial charge in [-0.3, -0.25) is 9.69 Å². The zero-order chi connectivity index (χ0) is 19.8. The van der Waals surface area contributed by atoms with Crippen molar-refractivity contribution in [3.05, 3.63) is 71.8 Å². The van der Waals surface area contributed by atoms with E-state index in [0.717, 1.165) is 44.8 Å². The van der Waals surface area contributed by atoms with Crippen molar-refractivity contribution in [3.8, 4) is 0 Å². The molecule has 1 aliphatic rings. The SMILES string of the molecule is CC(C(=O)NC(Cc1ccccc1)CN1CCOCC1)C(N)c1ccccc1.Cl.Cl. The van der Waals surface area contributed by atoms with E-state index in [1.165, 1.54) is 5.56 Å². The third kappa shape index (κ3) is 7.89. The summed E-state index contributed by atoms with van der Waals surface area (Å²) in [5, 5.41) is 3.26. The minimum absolute atomic E-state index is 0. The van der Waals surface area contributed by atoms with E-state index in [-0.39, 0.29) is 48.7 Å². The zero-order valence-corrected chi connectivity index (χ0v) is 19.0. The molecule has 3 rings (SSSR count). The smallest absolute Gasteiger partial charge is 0.225 e. The number of rotatable bonds is 8. The Kier molecular flexibility index (Phi) is 12.0. The molecule has 1 heterocycles. The monoisotopic (exact) mass is 453 g/mol. The van der Waals surface area contributed by atoms with Gasteiger partial charge >= 0.3 is 0 Å². The van der Waals surface area contributed by atoms with E-state index in [2.05, 4.69) is 22.3 Å². The molecule has 1 amide bonds. The summed E-state index contributed by atoms with van der Waals surface area (Å²) in [6, 6.07) is 19.8. The second-order valence-electron chi connectivity index (χ2n) is 7.53. The maximum absolute atomic E-state index is 13.0. The van der Waals surface area contributed by atoms with Crippen molar-refractivity contribution in [2.45, 2.75) is 25.4 Å². The van der Waals surface area contributed by atoms with Crippen LogP contribution in [0.5, 0.6) is 0 Å². The van der Waals surface area contributed by atoms with Gasteiger partial charge in [-0.25, -0.2) is 0 Å². The summed E-state index contributed by atoms with van der Waals surface area (Å²) < 4.78 is 5.45. The highest BCUT2D eigenvalue weighted by atomic mass is 35.5. The molecular formula is C23H33Cl2N3O2. The van der Waals surface area contributed by atoms with E-state index in [1.807, 2.05) is 55.5 Å². The van der Waals surface area contributed by atoms with Crippen LogP contribution in [0.3, 0.4) is 0 Å². The molecule has 1 aliphatic heterocycles. The van der Waals surface area contributed by atoms with Gasteiger partial charge in [-0.1, -0.05) is 67.6 Å². The molecule has 5 nitrogen and oxygen atoms in total. The molecule has 166 valence electrons. The molecule has 0 radical (unpaired) electrons. The van der Waals surface area contributed by atoms with Gasteiger partial charge in [-0.05, 0) is 17.5 Å². The molecule has 30 heavy (non-hydrogen) atoms. The largest absolute Gasteiger partial charge is 0.379 e. The van der Waals surface area contributed by atoms with Crippen molar-refractivity contribution in [2.75, 3.05) is 32.8 Å². The number of benzene rings is 2. The topological polar surface area (TPSA) is 67.6 Å². The summed E-state index contributed by atoms with van der Waals surface area (Å²) in [4.78, 5) is 15.3. The van der Waals surface area contributed by atoms with E-state index in [0.29, 0.717) is 0 Å². The van der Waals surface area contributed by atoms with Crippen LogP contribution >= 0.6 is 24.8 Å². The molecule has 3 unspecified atom stereocenters. The van der Waals surface area contributed by atoms with Crippen LogP contribution in [-0.4, -0.2) is 49.7 Å². The maximum Gasteiger partial charge on any atom is 0.225 e. The standard InChI is InChI=1S/C23H31N3O2.2ClH/c1-18(22(24)20-10-6-3-7-11-20)23(27)25-21(16-19-8-4-2-5-9-19)17-26-12-14-28-15-13-26;;/h2-11,18,21-22H,12-17,24H2,1H3,(H,25,27);2*1H. The van der Waals surface area contributed by atoms with E-state index in [1.54, 1.807) is 0 Å². The first kappa shape index (κ1) is 26.4. The predicted octanol–water partition coefficient (Wildman–Crippen LogP) is 3.23. The van der Waals surface area contributed by atoms with Gasteiger partial charge in [0.05, 0.1) is 19.1 Å². The highest BCUT2D eigenvalue weighted by molar-refractivity contribution is 5.85. The number of amides is 1. The molecule has 2 aromatic rings. The molecule has 3 atom stereocenters. The molecule has 0 aliphatic carbocycles. The molecule has 0 saturated carbocycles. The van der Waals surface area contributed by atoms with Crippen molar-refractivity contribution >= 4 is 30.7 Å². The van der Waals surface area contributed by atoms with Gasteiger partial charge in [0, 0.05) is 31.7 Å². The van der Waals surface area contributed by atoms with Crippen LogP contribution in [0.2, 0.25) is 0 Å². The molecule has 1 fully saturated rings. The number of morpholine rings is 1. The number of hydrogen-bond acceptors (Lipinski definition) is 4. The van der Waals surface area contributed by atoms with Gasteiger partial charge < -0.3 is 15.8 Å². The van der Waals surface area contributed by atoms with Gasteiger partial charge in [0.25, 0.3) is 0 Å². The second-order valence-corrected chi connectivity index (χ2v) is 7.53. The summed E-state index contributed by atoms with van der Waals surface area (Å²) in [7, 11) is 0. The van der Waals surface area contributed by atoms with Crippen molar-refractivity contribution in [3.63, 3.8) is 0 Å². The summed E-state index contributed by atoms with van der Waals surface area (Å²) in [5.41, 5.74) is 8.57. The van der Waals surface area contributed by atoms with Gasteiger partial charge in [0.2, 0.25) is 5.91 Å². The number of nitrogens with zero attached hydrogens (tertiary/aromatic N) is 1. The first-order chi connectivity index (χ1) is 13.6. The van der Waals surface area contributed by atoms with Crippen LogP contribution in [0.25, 0.3) is 0 Å². The van der Waals surface area contributed by atoms with E-state index in [9.17, 15) is 4.79 Å². The number of carbonyl (C=O) groups excluding carboxylic acids is 1. The van der Waals surface area contributed by atoms with Gasteiger partial charge in [-0.2, -0.15) is 0 Å². The molecular weight excluding hydrogens is 421 g/mol. The lowest BCUT2D eigenvalue weighted by Gasteiger charge is -2.32. The molecule has 2 aromatic carbocycles. The number of nitrogens with one attached hydrogen (secondary N) is 1. The molecule has 3 N–H and O–H groups in total. The molecule has 1 saturated heterocycles. The Morgan fingerprint density at radius 3 is 2.20 bits per heavy atom. The molecule has 0 aromatic heterocycles. The zero-order valence-electron chi connectivity index (χ0n) is 17.4. The molecule has 0 spiro atoms. The van der Waals surface area contributed by atoms with Crippen LogP contribution in [-0.2, 0) is 16.0 Å². The Labute approximate surface area is 192 Å². The van der Waals surface area contributed by atoms with Crippen molar-refractivity contribution < 1.29 is 9.53 Å². The Morgan fingerprint density at radius 1 is 1.03 bits per heavy atom. The van der Waals surface area contributed by atoms with Crippen LogP contribution in [0, 0.1) is 5.92 Å². The highest BCUT2D eigenvalue weighted by Gasteiger charge is 2.25. The fourth-order valence-corrected chi connectivity index (χ4v) is 3.61. The molecule has 0 bridgehead atoms. The summed E-state index contributed by atoms with van der Waals surface area (Å²) in [5.74, 6) is -0.295. The van der Waals surface area contributed by atoms with Gasteiger partial charge in [0.1, 0.15) is 0 Å². The number of ether oxygens (including phenoxy) is 1. The Bertz CT molecular complexity index is 728. The summed E-state index contributed by atoms with van der Waals surface area (Å²) >= 11 is 0. The number of carbonyl (C=O) groups is 1. The predicted molar refractivity (Wildman–Crippen MR) is 126 cm³/mol. The maximum atomic E-state index is 13.0. The average molecular weight is 454 g/mol. The van der Waals surface area contributed by atoms with E-state index < -0.39 is 0 Å². The Morgan fingerprint density at radius 2 is 1.60 bits per heavy atom. The minimum atomic E-state index is -0.318. The quantitative estimate of drug-likeness (QED) is 0.643. The lowest BCUT2D eigenvalue weighted by molar-refractivity contribution is -0.126. The van der Waals surface area contributed by atoms with Crippen LogP contribution < -0.4 is 11.1 Å². The van der Waals surface area contributed by atoms with E-state index >= 15 is 0 Å². The summed E-state index contributed by atoms with van der Waals surface area (Å²) in [6.45, 7) is 6.03. The number of hydrogen-bond donors (Lipinski definition) is 2. The average Bonchev–Trinajstić information content (AvgIpc) is 2.74. The van der Waals surface area contributed by atoms with Crippen molar-refractivity contribution in [2.24, 2.45) is 11.7 Å². The van der Waals surface area contributed by atoms with Gasteiger partial charge in [-0.15, -0.1) is 24.8 Å². The van der Waals surface area contributed by atoms with Crippen LogP contribution in [0.15, 0.2) is 60.7 Å². The fourth-order valence-electron chi connectivity index (χ4n) is 3.61. The first-order valence-corrected chi connectivity index (χ1v) is 10.1. The van der Waals surface area contributed by atoms with Crippen molar-refractivity contribution in [1.29, 1.82) is 0 Å². The molecule has 7 heteroatoms. The van der Waals surface area contributed by atoms with Crippen LogP contribution in [0.4, 0.5) is 0 Å². The minimum Gasteiger partial charge on any atom is -0.379 e. The lowest BCUT2D eigenvalue weighted by atomic mass is 9.94. The third-order valence-corrected chi connectivity index (χ3v) is 5.39. The normalized spacial score (nSPS) is 17.0.